The molecule has 5 N–H and O–H groups in total. The molecular weight excluding hydrogens is 282 g/mol. The molecule has 0 unspecified atom stereocenters. The third kappa shape index (κ3) is 4.96. The van der Waals surface area contributed by atoms with Gasteiger partial charge in [0.25, 0.3) is 0 Å². The van der Waals surface area contributed by atoms with Crippen LogP contribution >= 0.6 is 0 Å². The van der Waals surface area contributed by atoms with E-state index in [0.717, 1.165) is 0 Å². The van der Waals surface area contributed by atoms with Crippen LogP contribution in [0, 0.1) is 0 Å². The van der Waals surface area contributed by atoms with Gasteiger partial charge in [-0.15, -0.1) is 0 Å². The van der Waals surface area contributed by atoms with Gasteiger partial charge in [0.15, 0.2) is 6.29 Å². The number of nitrogens with one attached hydrogen (secondary N) is 3. The maximum Gasteiger partial charge on any atom is 0.217 e. The summed E-state index contributed by atoms with van der Waals surface area (Å²) in [5, 5.41) is 27.2. The summed E-state index contributed by atoms with van der Waals surface area (Å²) in [6.45, 7) is 3.85. The molecule has 1 aliphatic heterocycles. The first-order chi connectivity index (χ1) is 9.72. The van der Waals surface area contributed by atoms with Gasteiger partial charge in [0.1, 0.15) is 12.2 Å². The van der Waals surface area contributed by atoms with Crippen LogP contribution in [-0.2, 0) is 19.1 Å². The second kappa shape index (κ2) is 7.34. The molecule has 0 bridgehead atoms. The van der Waals surface area contributed by atoms with Gasteiger partial charge in [0.2, 0.25) is 17.7 Å². The highest BCUT2D eigenvalue weighted by molar-refractivity contribution is 5.75. The van der Waals surface area contributed by atoms with Crippen LogP contribution in [0.3, 0.4) is 0 Å². The molecule has 21 heavy (non-hydrogen) atoms. The van der Waals surface area contributed by atoms with Crippen LogP contribution in [0.2, 0.25) is 0 Å². The van der Waals surface area contributed by atoms with E-state index in [9.17, 15) is 24.6 Å². The van der Waals surface area contributed by atoms with E-state index in [2.05, 4.69) is 16.0 Å². The highest BCUT2D eigenvalue weighted by Crippen LogP contribution is 2.20. The lowest BCUT2D eigenvalue weighted by molar-refractivity contribution is -0.232. The van der Waals surface area contributed by atoms with E-state index in [-0.39, 0.29) is 12.5 Å². The quantitative estimate of drug-likeness (QED) is 0.381. The largest absolute Gasteiger partial charge is 0.386 e. The SMILES string of the molecule is CC(=O)NC[C@H]1O[C@H](O)[C@H](O)[C@@H](NC(C)=O)[C@@H]1NC(C)=O. The third-order valence-corrected chi connectivity index (χ3v) is 3.05. The number of hydrogen-bond donors (Lipinski definition) is 5. The van der Waals surface area contributed by atoms with Gasteiger partial charge < -0.3 is 30.9 Å². The van der Waals surface area contributed by atoms with Crippen LogP contribution in [0.15, 0.2) is 0 Å². The number of aliphatic hydroxyl groups is 2. The first-order valence-corrected chi connectivity index (χ1v) is 6.52. The van der Waals surface area contributed by atoms with Crippen molar-refractivity contribution in [2.24, 2.45) is 0 Å². The van der Waals surface area contributed by atoms with Crippen LogP contribution in [0.1, 0.15) is 20.8 Å². The number of rotatable bonds is 4. The van der Waals surface area contributed by atoms with Crippen molar-refractivity contribution in [2.75, 3.05) is 6.54 Å². The van der Waals surface area contributed by atoms with E-state index < -0.39 is 42.4 Å². The Balaban J connectivity index is 2.94. The summed E-state index contributed by atoms with van der Waals surface area (Å²) in [6, 6.07) is -1.73. The topological polar surface area (TPSA) is 137 Å². The monoisotopic (exact) mass is 303 g/mol. The number of ether oxygens (including phenoxy) is 1. The predicted molar refractivity (Wildman–Crippen MR) is 70.8 cm³/mol. The molecule has 9 nitrogen and oxygen atoms in total. The highest BCUT2D eigenvalue weighted by Gasteiger charge is 2.45. The van der Waals surface area contributed by atoms with Crippen LogP contribution in [0.5, 0.6) is 0 Å². The van der Waals surface area contributed by atoms with Crippen molar-refractivity contribution < 1.29 is 29.3 Å². The molecule has 1 fully saturated rings. The summed E-state index contributed by atoms with van der Waals surface area (Å²) < 4.78 is 5.20. The Morgan fingerprint density at radius 1 is 0.952 bits per heavy atom. The van der Waals surface area contributed by atoms with Gasteiger partial charge in [0, 0.05) is 27.3 Å². The maximum absolute atomic E-state index is 11.3. The van der Waals surface area contributed by atoms with Crippen molar-refractivity contribution in [2.45, 2.75) is 51.4 Å². The van der Waals surface area contributed by atoms with Gasteiger partial charge in [-0.25, -0.2) is 0 Å². The minimum absolute atomic E-state index is 0.0140. The Morgan fingerprint density at radius 2 is 1.48 bits per heavy atom. The fraction of sp³-hybridized carbons (Fsp3) is 0.750. The van der Waals surface area contributed by atoms with Crippen molar-refractivity contribution >= 4 is 17.7 Å². The van der Waals surface area contributed by atoms with E-state index in [0.29, 0.717) is 0 Å². The van der Waals surface area contributed by atoms with Gasteiger partial charge in [0.05, 0.1) is 12.1 Å². The minimum atomic E-state index is -1.54. The van der Waals surface area contributed by atoms with Gasteiger partial charge in [-0.3, -0.25) is 14.4 Å². The standard InChI is InChI=1S/C12H21N3O6/c1-5(16)13-4-8-9(14-6(2)17)10(15-7(3)18)11(19)12(20)21-8/h8-12,19-20H,4H2,1-3H3,(H,13,16)(H,14,17)(H,15,18)/t8-,9-,10+,11-,12+/m1/s1. The van der Waals surface area contributed by atoms with Crippen LogP contribution < -0.4 is 16.0 Å². The molecule has 5 atom stereocenters. The smallest absolute Gasteiger partial charge is 0.217 e. The lowest BCUT2D eigenvalue weighted by atomic mass is 9.93. The lowest BCUT2D eigenvalue weighted by Gasteiger charge is -2.43. The second-order valence-corrected chi connectivity index (χ2v) is 4.95. The maximum atomic E-state index is 11.3. The fourth-order valence-electron chi connectivity index (χ4n) is 2.21. The van der Waals surface area contributed by atoms with Crippen molar-refractivity contribution in [3.8, 4) is 0 Å². The average molecular weight is 303 g/mol. The molecule has 0 aromatic rings. The van der Waals surface area contributed by atoms with Crippen molar-refractivity contribution in [3.05, 3.63) is 0 Å². The summed E-state index contributed by atoms with van der Waals surface area (Å²) in [4.78, 5) is 33.5. The van der Waals surface area contributed by atoms with Gasteiger partial charge in [-0.05, 0) is 0 Å². The summed E-state index contributed by atoms with van der Waals surface area (Å²) in [5.74, 6) is -1.13. The Hall–Kier alpha value is -1.71. The van der Waals surface area contributed by atoms with E-state index in [1.165, 1.54) is 20.8 Å². The zero-order valence-corrected chi connectivity index (χ0v) is 12.1. The molecule has 0 radical (unpaired) electrons. The molecule has 0 aliphatic carbocycles. The zero-order chi connectivity index (χ0) is 16.2. The van der Waals surface area contributed by atoms with E-state index in [4.69, 9.17) is 4.74 Å². The number of hydrogen-bond acceptors (Lipinski definition) is 6. The van der Waals surface area contributed by atoms with Gasteiger partial charge in [-0.1, -0.05) is 0 Å². The third-order valence-electron chi connectivity index (χ3n) is 3.05. The number of carbonyl (C=O) groups is 3. The lowest BCUT2D eigenvalue weighted by Crippen LogP contribution is -2.69. The van der Waals surface area contributed by atoms with Crippen molar-refractivity contribution in [1.29, 1.82) is 0 Å². The second-order valence-electron chi connectivity index (χ2n) is 4.95. The van der Waals surface area contributed by atoms with Crippen molar-refractivity contribution in [3.63, 3.8) is 0 Å². The molecule has 0 aromatic carbocycles. The van der Waals surface area contributed by atoms with Gasteiger partial charge in [-0.2, -0.15) is 0 Å². The highest BCUT2D eigenvalue weighted by atomic mass is 16.6. The number of amides is 3. The van der Waals surface area contributed by atoms with E-state index >= 15 is 0 Å². The van der Waals surface area contributed by atoms with Crippen molar-refractivity contribution in [1.82, 2.24) is 16.0 Å². The van der Waals surface area contributed by atoms with Gasteiger partial charge >= 0.3 is 0 Å². The zero-order valence-electron chi connectivity index (χ0n) is 12.1. The van der Waals surface area contributed by atoms with Crippen LogP contribution in [0.4, 0.5) is 0 Å². The molecule has 1 aliphatic rings. The summed E-state index contributed by atoms with van der Waals surface area (Å²) in [5.41, 5.74) is 0. The molecule has 1 rings (SSSR count). The Kier molecular flexibility index (Phi) is 6.06. The molecule has 120 valence electrons. The first-order valence-electron chi connectivity index (χ1n) is 6.52. The van der Waals surface area contributed by atoms with E-state index in [1.54, 1.807) is 0 Å². The normalized spacial score (nSPS) is 32.1. The predicted octanol–water partition coefficient (Wildman–Crippen LogP) is -2.79. The number of aliphatic hydroxyl groups excluding tert-OH is 2. The summed E-state index contributed by atoms with van der Waals surface area (Å²) >= 11 is 0. The summed E-state index contributed by atoms with van der Waals surface area (Å²) in [6.07, 6.45) is -3.74. The first kappa shape index (κ1) is 17.3. The Bertz CT molecular complexity index is 416. The molecule has 1 saturated heterocycles. The molecule has 0 aromatic heterocycles. The molecular formula is C12H21N3O6. The molecule has 3 amide bonds. The fourth-order valence-corrected chi connectivity index (χ4v) is 2.21. The molecule has 1 heterocycles. The average Bonchev–Trinajstić information content (AvgIpc) is 2.35. The minimum Gasteiger partial charge on any atom is -0.386 e. The Morgan fingerprint density at radius 3 is 1.95 bits per heavy atom. The number of carbonyl (C=O) groups excluding carboxylic acids is 3. The Labute approximate surface area is 122 Å². The van der Waals surface area contributed by atoms with Crippen LogP contribution in [-0.4, -0.2) is 65.1 Å². The molecule has 9 heteroatoms. The van der Waals surface area contributed by atoms with Crippen LogP contribution in [0.25, 0.3) is 0 Å². The summed E-state index contributed by atoms with van der Waals surface area (Å²) in [7, 11) is 0. The molecule has 0 spiro atoms. The molecule has 0 saturated carbocycles. The van der Waals surface area contributed by atoms with E-state index in [1.807, 2.05) is 0 Å².